The van der Waals surface area contributed by atoms with Gasteiger partial charge in [0, 0.05) is 6.07 Å². The maximum absolute atomic E-state index is 12.2. The summed E-state index contributed by atoms with van der Waals surface area (Å²) in [5.41, 5.74) is 1.69. The van der Waals surface area contributed by atoms with Crippen LogP contribution in [0.4, 0.5) is 5.69 Å². The molecule has 5 nitrogen and oxygen atoms in total. The smallest absolute Gasteiger partial charge is 0.262 e. The van der Waals surface area contributed by atoms with E-state index in [2.05, 4.69) is 19.2 Å². The Morgan fingerprint density at radius 3 is 2.52 bits per heavy atom. The number of carbonyl (C=O) groups is 1. The summed E-state index contributed by atoms with van der Waals surface area (Å²) in [5.74, 6) is 2.07. The molecule has 1 unspecified atom stereocenters. The number of anilines is 1. The quantitative estimate of drug-likeness (QED) is 0.779. The fraction of sp³-hybridized carbons (Fsp3) is 0.350. The Labute approximate surface area is 148 Å². The lowest BCUT2D eigenvalue weighted by Crippen LogP contribution is -2.21. The SMILES string of the molecule is CCC(C)c1ccccc1OCC(=O)Nc1ccc(OC)cc1OC. The van der Waals surface area contributed by atoms with Crippen LogP contribution in [0.1, 0.15) is 31.7 Å². The highest BCUT2D eigenvalue weighted by Gasteiger charge is 2.13. The van der Waals surface area contributed by atoms with Gasteiger partial charge < -0.3 is 19.5 Å². The summed E-state index contributed by atoms with van der Waals surface area (Å²) in [6.45, 7) is 4.21. The van der Waals surface area contributed by atoms with E-state index in [9.17, 15) is 4.79 Å². The Kier molecular flexibility index (Phi) is 6.69. The standard InChI is InChI=1S/C20H25NO4/c1-5-14(2)16-8-6-7-9-18(16)25-13-20(22)21-17-11-10-15(23-3)12-19(17)24-4/h6-12,14H,5,13H2,1-4H3,(H,21,22). The van der Waals surface area contributed by atoms with Crippen LogP contribution < -0.4 is 19.5 Å². The summed E-state index contributed by atoms with van der Waals surface area (Å²) < 4.78 is 16.2. The number of benzene rings is 2. The summed E-state index contributed by atoms with van der Waals surface area (Å²) >= 11 is 0. The first kappa shape index (κ1) is 18.6. The van der Waals surface area contributed by atoms with Crippen LogP contribution in [0.2, 0.25) is 0 Å². The van der Waals surface area contributed by atoms with Gasteiger partial charge in [-0.3, -0.25) is 4.79 Å². The Hall–Kier alpha value is -2.69. The second-order valence-corrected chi connectivity index (χ2v) is 5.75. The molecule has 1 N–H and O–H groups in total. The van der Waals surface area contributed by atoms with Crippen LogP contribution in [0.15, 0.2) is 42.5 Å². The number of nitrogens with one attached hydrogen (secondary N) is 1. The number of amides is 1. The maximum atomic E-state index is 12.2. The van der Waals surface area contributed by atoms with Gasteiger partial charge in [-0.15, -0.1) is 0 Å². The molecule has 25 heavy (non-hydrogen) atoms. The minimum absolute atomic E-state index is 0.0668. The van der Waals surface area contributed by atoms with Gasteiger partial charge >= 0.3 is 0 Å². The zero-order valence-electron chi connectivity index (χ0n) is 15.2. The summed E-state index contributed by atoms with van der Waals surface area (Å²) in [4.78, 5) is 12.2. The van der Waals surface area contributed by atoms with Crippen molar-refractivity contribution in [2.75, 3.05) is 26.1 Å². The van der Waals surface area contributed by atoms with Crippen molar-refractivity contribution in [2.24, 2.45) is 0 Å². The molecule has 0 aliphatic rings. The summed E-state index contributed by atoms with van der Waals surface area (Å²) in [5, 5.41) is 2.80. The molecule has 2 rings (SSSR count). The van der Waals surface area contributed by atoms with E-state index in [1.54, 1.807) is 32.4 Å². The number of ether oxygens (including phenoxy) is 3. The van der Waals surface area contributed by atoms with Gasteiger partial charge in [0.15, 0.2) is 6.61 Å². The lowest BCUT2D eigenvalue weighted by atomic mass is 9.98. The number of carbonyl (C=O) groups excluding carboxylic acids is 1. The first-order chi connectivity index (χ1) is 12.1. The number of hydrogen-bond donors (Lipinski definition) is 1. The zero-order valence-corrected chi connectivity index (χ0v) is 15.2. The summed E-state index contributed by atoms with van der Waals surface area (Å²) in [6, 6.07) is 13.0. The molecular formula is C20H25NO4. The van der Waals surface area contributed by atoms with E-state index in [1.807, 2.05) is 24.3 Å². The second-order valence-electron chi connectivity index (χ2n) is 5.75. The Bertz CT molecular complexity index is 715. The monoisotopic (exact) mass is 343 g/mol. The molecule has 5 heteroatoms. The van der Waals surface area contributed by atoms with Crippen LogP contribution in [0.25, 0.3) is 0 Å². The van der Waals surface area contributed by atoms with Gasteiger partial charge in [-0.05, 0) is 36.1 Å². The molecule has 0 bridgehead atoms. The van der Waals surface area contributed by atoms with E-state index in [0.29, 0.717) is 23.1 Å². The molecule has 0 aliphatic heterocycles. The van der Waals surface area contributed by atoms with Crippen LogP contribution in [-0.4, -0.2) is 26.7 Å². The number of methoxy groups -OCH3 is 2. The normalized spacial score (nSPS) is 11.5. The highest BCUT2D eigenvalue weighted by atomic mass is 16.5. The third-order valence-electron chi connectivity index (χ3n) is 4.10. The predicted molar refractivity (Wildman–Crippen MR) is 98.8 cm³/mol. The average molecular weight is 343 g/mol. The lowest BCUT2D eigenvalue weighted by molar-refractivity contribution is -0.118. The van der Waals surface area contributed by atoms with Crippen LogP contribution in [0.5, 0.6) is 17.2 Å². The Morgan fingerprint density at radius 2 is 1.84 bits per heavy atom. The zero-order chi connectivity index (χ0) is 18.2. The minimum atomic E-state index is -0.248. The Morgan fingerprint density at radius 1 is 1.08 bits per heavy atom. The van der Waals surface area contributed by atoms with E-state index < -0.39 is 0 Å². The topological polar surface area (TPSA) is 56.8 Å². The molecule has 2 aromatic rings. The molecule has 0 aliphatic carbocycles. The molecule has 0 spiro atoms. The van der Waals surface area contributed by atoms with Crippen molar-refractivity contribution >= 4 is 11.6 Å². The largest absolute Gasteiger partial charge is 0.497 e. The minimum Gasteiger partial charge on any atom is -0.497 e. The van der Waals surface area contributed by atoms with E-state index in [4.69, 9.17) is 14.2 Å². The van der Waals surface area contributed by atoms with Crippen molar-refractivity contribution < 1.29 is 19.0 Å². The van der Waals surface area contributed by atoms with Gasteiger partial charge in [-0.1, -0.05) is 32.0 Å². The summed E-state index contributed by atoms with van der Waals surface area (Å²) in [7, 11) is 3.12. The number of rotatable bonds is 8. The van der Waals surface area contributed by atoms with Crippen LogP contribution in [-0.2, 0) is 4.79 Å². The molecule has 1 amide bonds. The molecule has 134 valence electrons. The van der Waals surface area contributed by atoms with E-state index in [0.717, 1.165) is 17.7 Å². The van der Waals surface area contributed by atoms with E-state index >= 15 is 0 Å². The van der Waals surface area contributed by atoms with E-state index in [1.165, 1.54) is 0 Å². The first-order valence-electron chi connectivity index (χ1n) is 8.32. The van der Waals surface area contributed by atoms with Crippen molar-refractivity contribution in [1.82, 2.24) is 0 Å². The maximum Gasteiger partial charge on any atom is 0.262 e. The average Bonchev–Trinajstić information content (AvgIpc) is 2.66. The van der Waals surface area contributed by atoms with Crippen LogP contribution >= 0.6 is 0 Å². The molecular weight excluding hydrogens is 318 g/mol. The predicted octanol–water partition coefficient (Wildman–Crippen LogP) is 4.23. The molecule has 0 radical (unpaired) electrons. The van der Waals surface area contributed by atoms with Gasteiger partial charge in [0.1, 0.15) is 17.2 Å². The fourth-order valence-corrected chi connectivity index (χ4v) is 2.47. The molecule has 2 aromatic carbocycles. The number of para-hydroxylation sites is 1. The van der Waals surface area contributed by atoms with Gasteiger partial charge in [0.2, 0.25) is 0 Å². The molecule has 0 fully saturated rings. The fourth-order valence-electron chi connectivity index (χ4n) is 2.47. The van der Waals surface area contributed by atoms with Gasteiger partial charge in [-0.25, -0.2) is 0 Å². The van der Waals surface area contributed by atoms with Crippen molar-refractivity contribution in [2.45, 2.75) is 26.2 Å². The Balaban J connectivity index is 2.02. The second kappa shape index (κ2) is 8.97. The lowest BCUT2D eigenvalue weighted by Gasteiger charge is -2.16. The third-order valence-corrected chi connectivity index (χ3v) is 4.10. The highest BCUT2D eigenvalue weighted by Crippen LogP contribution is 2.30. The van der Waals surface area contributed by atoms with Gasteiger partial charge in [0.05, 0.1) is 19.9 Å². The molecule has 1 atom stereocenters. The summed E-state index contributed by atoms with van der Waals surface area (Å²) in [6.07, 6.45) is 1.01. The highest BCUT2D eigenvalue weighted by molar-refractivity contribution is 5.93. The van der Waals surface area contributed by atoms with Crippen molar-refractivity contribution in [1.29, 1.82) is 0 Å². The molecule has 0 aromatic heterocycles. The van der Waals surface area contributed by atoms with Crippen molar-refractivity contribution in [3.05, 3.63) is 48.0 Å². The first-order valence-corrected chi connectivity index (χ1v) is 8.32. The van der Waals surface area contributed by atoms with Crippen molar-refractivity contribution in [3.63, 3.8) is 0 Å². The number of hydrogen-bond acceptors (Lipinski definition) is 4. The van der Waals surface area contributed by atoms with Crippen molar-refractivity contribution in [3.8, 4) is 17.2 Å². The molecule has 0 saturated heterocycles. The molecule has 0 heterocycles. The van der Waals surface area contributed by atoms with Gasteiger partial charge in [0.25, 0.3) is 5.91 Å². The van der Waals surface area contributed by atoms with Crippen LogP contribution in [0, 0.1) is 0 Å². The van der Waals surface area contributed by atoms with E-state index in [-0.39, 0.29) is 12.5 Å². The third kappa shape index (κ3) is 4.89. The molecule has 0 saturated carbocycles. The van der Waals surface area contributed by atoms with Gasteiger partial charge in [-0.2, -0.15) is 0 Å². The van der Waals surface area contributed by atoms with Crippen LogP contribution in [0.3, 0.4) is 0 Å².